The lowest BCUT2D eigenvalue weighted by Crippen LogP contribution is -2.16. The van der Waals surface area contributed by atoms with E-state index in [0.29, 0.717) is 17.5 Å². The summed E-state index contributed by atoms with van der Waals surface area (Å²) in [5, 5.41) is 19.1. The quantitative estimate of drug-likeness (QED) is 0.338. The number of hydrogen-bond donors (Lipinski definition) is 1. The number of nitrogens with zero attached hydrogens (tertiary/aromatic N) is 5. The summed E-state index contributed by atoms with van der Waals surface area (Å²) in [6, 6.07) is 10.2. The second-order valence-electron chi connectivity index (χ2n) is 7.62. The van der Waals surface area contributed by atoms with Gasteiger partial charge in [0, 0.05) is 34.7 Å². The van der Waals surface area contributed by atoms with Crippen LogP contribution in [-0.4, -0.2) is 42.6 Å². The summed E-state index contributed by atoms with van der Waals surface area (Å²) in [5.74, 6) is 2.57. The molecule has 5 heterocycles. The molecule has 1 aliphatic rings. The van der Waals surface area contributed by atoms with E-state index >= 15 is 0 Å². The van der Waals surface area contributed by atoms with Crippen LogP contribution in [0.3, 0.4) is 0 Å². The van der Waals surface area contributed by atoms with Crippen LogP contribution < -0.4 is 0 Å². The van der Waals surface area contributed by atoms with E-state index in [4.69, 9.17) is 9.26 Å². The molecule has 4 aromatic heterocycles. The Labute approximate surface area is 192 Å². The average Bonchev–Trinajstić information content (AvgIpc) is 3.64. The van der Waals surface area contributed by atoms with E-state index in [1.807, 2.05) is 35.2 Å². The maximum atomic E-state index is 5.92. The maximum absolute atomic E-state index is 5.92. The molecule has 1 aliphatic heterocycles. The maximum Gasteiger partial charge on any atom is 0.258 e. The Morgan fingerprint density at radius 3 is 3.06 bits per heavy atom. The van der Waals surface area contributed by atoms with Crippen molar-refractivity contribution in [3.05, 3.63) is 53.1 Å². The van der Waals surface area contributed by atoms with Gasteiger partial charge in [0.15, 0.2) is 16.8 Å². The lowest BCUT2D eigenvalue weighted by Gasteiger charge is -2.14. The molecule has 6 rings (SSSR count). The van der Waals surface area contributed by atoms with Gasteiger partial charge >= 0.3 is 0 Å². The Bertz CT molecular complexity index is 1330. The molecule has 0 aliphatic carbocycles. The Morgan fingerprint density at radius 1 is 1.22 bits per heavy atom. The van der Waals surface area contributed by atoms with E-state index in [0.717, 1.165) is 59.0 Å². The predicted octanol–water partition coefficient (Wildman–Crippen LogP) is 5.01. The Kier molecular flexibility index (Phi) is 5.26. The summed E-state index contributed by atoms with van der Waals surface area (Å²) in [4.78, 5) is 7.86. The van der Waals surface area contributed by atoms with Crippen molar-refractivity contribution in [2.24, 2.45) is 0 Å². The van der Waals surface area contributed by atoms with Gasteiger partial charge in [-0.25, -0.2) is 0 Å². The van der Waals surface area contributed by atoms with Crippen LogP contribution >= 0.6 is 23.1 Å². The molecule has 1 N–H and O–H groups in total. The minimum absolute atomic E-state index is 0.171. The summed E-state index contributed by atoms with van der Waals surface area (Å²) in [5.41, 5.74) is 3.07. The summed E-state index contributed by atoms with van der Waals surface area (Å²) < 4.78 is 13.5. The lowest BCUT2D eigenvalue weighted by atomic mass is 10.1. The Hall–Kier alpha value is -2.95. The molecule has 10 heteroatoms. The zero-order valence-electron chi connectivity index (χ0n) is 17.1. The van der Waals surface area contributed by atoms with Crippen molar-refractivity contribution in [3.63, 3.8) is 0 Å². The van der Waals surface area contributed by atoms with Gasteiger partial charge in [-0.1, -0.05) is 35.1 Å². The van der Waals surface area contributed by atoms with Crippen molar-refractivity contribution in [3.8, 4) is 22.8 Å². The number of nitrogens with one attached hydrogen (secondary N) is 1. The Balaban J connectivity index is 1.30. The monoisotopic (exact) mass is 464 g/mol. The zero-order chi connectivity index (χ0) is 21.3. The standard InChI is InChI=1S/C22H20N6O2S2/c1-2-6-18-16(5-1)17(10-23-18)20-25-26-22(28(20)11-15-4-3-8-29-15)32-13-19-24-21(30-27-19)14-7-9-31-12-14/h1-2,5-7,9-10,12,15,23H,3-4,8,11,13H2. The molecule has 1 unspecified atom stereocenters. The van der Waals surface area contributed by atoms with E-state index in [-0.39, 0.29) is 6.10 Å². The van der Waals surface area contributed by atoms with E-state index in [1.54, 1.807) is 23.1 Å². The van der Waals surface area contributed by atoms with E-state index < -0.39 is 0 Å². The summed E-state index contributed by atoms with van der Waals surface area (Å²) in [6.07, 6.45) is 4.31. The van der Waals surface area contributed by atoms with Crippen LogP contribution in [0.1, 0.15) is 18.7 Å². The molecule has 5 aromatic rings. The fraction of sp³-hybridized carbons (Fsp3) is 0.273. The second kappa shape index (κ2) is 8.53. The van der Waals surface area contributed by atoms with Gasteiger partial charge < -0.3 is 14.2 Å². The first-order valence-corrected chi connectivity index (χ1v) is 12.4. The average molecular weight is 465 g/mol. The number of H-pyrrole nitrogens is 1. The highest BCUT2D eigenvalue weighted by Gasteiger charge is 2.23. The van der Waals surface area contributed by atoms with Crippen LogP contribution in [-0.2, 0) is 17.0 Å². The second-order valence-corrected chi connectivity index (χ2v) is 9.34. The molecule has 1 atom stereocenters. The fourth-order valence-corrected chi connectivity index (χ4v) is 5.37. The van der Waals surface area contributed by atoms with Crippen molar-refractivity contribution >= 4 is 34.0 Å². The zero-order valence-corrected chi connectivity index (χ0v) is 18.7. The minimum atomic E-state index is 0.171. The van der Waals surface area contributed by atoms with Gasteiger partial charge in [0.1, 0.15) is 0 Å². The van der Waals surface area contributed by atoms with Gasteiger partial charge in [0.05, 0.1) is 24.0 Å². The third kappa shape index (κ3) is 3.74. The summed E-state index contributed by atoms with van der Waals surface area (Å²) in [6.45, 7) is 1.53. The largest absolute Gasteiger partial charge is 0.376 e. The third-order valence-corrected chi connectivity index (χ3v) is 7.17. The Morgan fingerprint density at radius 2 is 2.19 bits per heavy atom. The van der Waals surface area contributed by atoms with Crippen LogP contribution in [0.4, 0.5) is 0 Å². The lowest BCUT2D eigenvalue weighted by molar-refractivity contribution is 0.0953. The van der Waals surface area contributed by atoms with Crippen LogP contribution in [0, 0.1) is 0 Å². The molecular formula is C22H20N6O2S2. The van der Waals surface area contributed by atoms with Crippen molar-refractivity contribution in [2.45, 2.75) is 36.4 Å². The fourth-order valence-electron chi connectivity index (χ4n) is 3.95. The highest BCUT2D eigenvalue weighted by molar-refractivity contribution is 7.98. The van der Waals surface area contributed by atoms with Crippen molar-refractivity contribution in [1.82, 2.24) is 29.9 Å². The molecule has 0 spiro atoms. The van der Waals surface area contributed by atoms with Crippen molar-refractivity contribution < 1.29 is 9.26 Å². The summed E-state index contributed by atoms with van der Waals surface area (Å²) in [7, 11) is 0. The number of benzene rings is 1. The van der Waals surface area contributed by atoms with E-state index in [9.17, 15) is 0 Å². The van der Waals surface area contributed by atoms with Gasteiger partial charge in [-0.05, 0) is 30.4 Å². The predicted molar refractivity (Wildman–Crippen MR) is 123 cm³/mol. The molecule has 162 valence electrons. The number of aromatic nitrogens is 6. The SMILES string of the molecule is c1ccc2c(-c3nnc(SCc4noc(-c5ccsc5)n4)n3CC3CCCO3)c[nH]c2c1. The van der Waals surface area contributed by atoms with Gasteiger partial charge in [-0.2, -0.15) is 16.3 Å². The van der Waals surface area contributed by atoms with Crippen molar-refractivity contribution in [1.29, 1.82) is 0 Å². The van der Waals surface area contributed by atoms with Gasteiger partial charge in [0.2, 0.25) is 0 Å². The van der Waals surface area contributed by atoms with Crippen LogP contribution in [0.5, 0.6) is 0 Å². The van der Waals surface area contributed by atoms with Crippen LogP contribution in [0.2, 0.25) is 0 Å². The number of ether oxygens (including phenoxy) is 1. The van der Waals surface area contributed by atoms with E-state index in [2.05, 4.69) is 42.0 Å². The van der Waals surface area contributed by atoms with Crippen molar-refractivity contribution in [2.75, 3.05) is 6.61 Å². The number of thiophene rings is 1. The molecule has 8 nitrogen and oxygen atoms in total. The third-order valence-electron chi connectivity index (χ3n) is 5.52. The first-order chi connectivity index (χ1) is 15.8. The van der Waals surface area contributed by atoms with E-state index in [1.165, 1.54) is 0 Å². The summed E-state index contributed by atoms with van der Waals surface area (Å²) >= 11 is 3.16. The number of aromatic amines is 1. The highest BCUT2D eigenvalue weighted by atomic mass is 32.2. The number of thioether (sulfide) groups is 1. The molecule has 0 saturated carbocycles. The molecule has 32 heavy (non-hydrogen) atoms. The molecule has 0 radical (unpaired) electrons. The first kappa shape index (κ1) is 19.7. The van der Waals surface area contributed by atoms with Gasteiger partial charge in [-0.3, -0.25) is 4.57 Å². The normalized spacial score (nSPS) is 16.3. The molecule has 0 bridgehead atoms. The first-order valence-electron chi connectivity index (χ1n) is 10.4. The molecule has 1 fully saturated rings. The van der Waals surface area contributed by atoms with Crippen LogP contribution in [0.25, 0.3) is 33.7 Å². The minimum Gasteiger partial charge on any atom is -0.376 e. The molecule has 1 saturated heterocycles. The van der Waals surface area contributed by atoms with Crippen LogP contribution in [0.15, 0.2) is 57.0 Å². The van der Waals surface area contributed by atoms with Gasteiger partial charge in [0.25, 0.3) is 5.89 Å². The highest BCUT2D eigenvalue weighted by Crippen LogP contribution is 2.32. The number of fused-ring (bicyclic) bond motifs is 1. The number of hydrogen-bond acceptors (Lipinski definition) is 8. The molecule has 0 amide bonds. The molecular weight excluding hydrogens is 444 g/mol. The number of rotatable bonds is 7. The smallest absolute Gasteiger partial charge is 0.258 e. The van der Waals surface area contributed by atoms with Gasteiger partial charge in [-0.15, -0.1) is 10.2 Å². The molecule has 1 aromatic carbocycles. The number of para-hydroxylation sites is 1. The topological polar surface area (TPSA) is 94.7 Å².